The van der Waals surface area contributed by atoms with Gasteiger partial charge in [-0.1, -0.05) is 28.7 Å². The van der Waals surface area contributed by atoms with Crippen molar-refractivity contribution in [3.8, 4) is 0 Å². The summed E-state index contributed by atoms with van der Waals surface area (Å²) in [6.45, 7) is 0. The first-order chi connectivity index (χ1) is 7.15. The van der Waals surface area contributed by atoms with E-state index in [0.29, 0.717) is 5.92 Å². The van der Waals surface area contributed by atoms with Crippen LogP contribution in [0.5, 0.6) is 0 Å². The van der Waals surface area contributed by atoms with Gasteiger partial charge in [-0.05, 0) is 54.6 Å². The van der Waals surface area contributed by atoms with Gasteiger partial charge in [-0.25, -0.2) is 4.39 Å². The largest absolute Gasteiger partial charge is 0.207 e. The van der Waals surface area contributed by atoms with E-state index >= 15 is 0 Å². The maximum absolute atomic E-state index is 13.2. The molecule has 15 heavy (non-hydrogen) atoms. The van der Waals surface area contributed by atoms with Gasteiger partial charge in [0.2, 0.25) is 0 Å². The third-order valence-electron chi connectivity index (χ3n) is 3.07. The topological polar surface area (TPSA) is 0 Å². The zero-order chi connectivity index (χ0) is 10.8. The Morgan fingerprint density at radius 3 is 2.40 bits per heavy atom. The van der Waals surface area contributed by atoms with Crippen molar-refractivity contribution in [1.82, 2.24) is 0 Å². The fourth-order valence-electron chi connectivity index (χ4n) is 2.26. The highest BCUT2D eigenvalue weighted by Gasteiger charge is 2.20. The van der Waals surface area contributed by atoms with Crippen molar-refractivity contribution in [3.63, 3.8) is 0 Å². The van der Waals surface area contributed by atoms with E-state index in [4.69, 9.17) is 0 Å². The minimum absolute atomic E-state index is 0.103. The molecule has 0 heterocycles. The van der Waals surface area contributed by atoms with Gasteiger partial charge in [0, 0.05) is 3.92 Å². The van der Waals surface area contributed by atoms with Crippen LogP contribution in [0.4, 0.5) is 4.39 Å². The van der Waals surface area contributed by atoms with Gasteiger partial charge in [0.05, 0.1) is 0 Å². The average molecular weight is 336 g/mol. The zero-order valence-electron chi connectivity index (χ0n) is 8.55. The second-order valence-electron chi connectivity index (χ2n) is 4.27. The summed E-state index contributed by atoms with van der Waals surface area (Å²) < 4.78 is 14.1. The molecule has 0 radical (unpaired) electrons. The van der Waals surface area contributed by atoms with Crippen molar-refractivity contribution >= 4 is 37.1 Å². The van der Waals surface area contributed by atoms with Crippen LogP contribution < -0.4 is 5.30 Å². The van der Waals surface area contributed by atoms with Crippen LogP contribution in [0.25, 0.3) is 0 Å². The van der Waals surface area contributed by atoms with E-state index in [9.17, 15) is 4.39 Å². The van der Waals surface area contributed by atoms with E-state index in [1.165, 1.54) is 31.2 Å². The monoisotopic (exact) mass is 336 g/mol. The fraction of sp³-hybridized carbons (Fsp3) is 0.500. The van der Waals surface area contributed by atoms with Crippen molar-refractivity contribution in [2.45, 2.75) is 35.5 Å². The molecule has 1 aliphatic carbocycles. The molecule has 1 aliphatic rings. The summed E-state index contributed by atoms with van der Waals surface area (Å²) in [6, 6.07) is 5.37. The third kappa shape index (κ3) is 3.13. The number of benzene rings is 1. The minimum Gasteiger partial charge on any atom is -0.207 e. The maximum Gasteiger partial charge on any atom is 0.124 e. The Morgan fingerprint density at radius 1 is 1.13 bits per heavy atom. The van der Waals surface area contributed by atoms with Crippen LogP contribution >= 0.6 is 31.8 Å². The lowest BCUT2D eigenvalue weighted by Crippen LogP contribution is -2.13. The molecule has 3 heteroatoms. The summed E-state index contributed by atoms with van der Waals surface area (Å²) in [5.41, 5.74) is 1.18. The first-order valence-electron chi connectivity index (χ1n) is 5.35. The van der Waals surface area contributed by atoms with E-state index < -0.39 is 0 Å². The number of hydrogen-bond donors (Lipinski definition) is 0. The van der Waals surface area contributed by atoms with Gasteiger partial charge in [0.15, 0.2) is 0 Å². The molecule has 0 bridgehead atoms. The van der Waals surface area contributed by atoms with E-state index in [0.717, 1.165) is 9.23 Å². The van der Waals surface area contributed by atoms with E-state index in [2.05, 4.69) is 37.9 Å². The summed E-state index contributed by atoms with van der Waals surface area (Å²) in [4.78, 5) is 0. The normalized spacial score (nSPS) is 26.6. The lowest BCUT2D eigenvalue weighted by molar-refractivity contribution is 0.460. The van der Waals surface area contributed by atoms with Crippen LogP contribution in [-0.4, -0.2) is 3.92 Å². The molecule has 0 saturated heterocycles. The Bertz CT molecular complexity index is 325. The van der Waals surface area contributed by atoms with Crippen LogP contribution in [0, 0.1) is 5.82 Å². The highest BCUT2D eigenvalue weighted by Crippen LogP contribution is 2.35. The average Bonchev–Trinajstić information content (AvgIpc) is 2.17. The third-order valence-corrected chi connectivity index (χ3v) is 4.65. The van der Waals surface area contributed by atoms with Crippen molar-refractivity contribution in [1.29, 1.82) is 0 Å². The SMILES string of the molecule is Fc1cc(P)cc(C2CCC(I)CC2)c1. The molecule has 0 spiro atoms. The zero-order valence-corrected chi connectivity index (χ0v) is 11.9. The molecule has 0 nitrogen and oxygen atoms in total. The Labute approximate surface area is 106 Å². The van der Waals surface area contributed by atoms with E-state index in [-0.39, 0.29) is 5.82 Å². The van der Waals surface area contributed by atoms with Gasteiger partial charge >= 0.3 is 0 Å². The molecule has 1 aromatic carbocycles. The molecule has 1 unspecified atom stereocenters. The van der Waals surface area contributed by atoms with Crippen LogP contribution in [0.2, 0.25) is 0 Å². The predicted octanol–water partition coefficient (Wildman–Crippen LogP) is 3.79. The summed E-state index contributed by atoms with van der Waals surface area (Å²) in [6.07, 6.45) is 4.96. The van der Waals surface area contributed by atoms with Crippen molar-refractivity contribution in [3.05, 3.63) is 29.6 Å². The number of halogens is 2. The van der Waals surface area contributed by atoms with Crippen LogP contribution in [0.3, 0.4) is 0 Å². The van der Waals surface area contributed by atoms with Gasteiger partial charge in [0.1, 0.15) is 5.82 Å². The number of hydrogen-bond acceptors (Lipinski definition) is 0. The first-order valence-corrected chi connectivity index (χ1v) is 7.17. The molecule has 1 aromatic rings. The van der Waals surface area contributed by atoms with E-state index in [1.54, 1.807) is 12.1 Å². The van der Waals surface area contributed by atoms with Gasteiger partial charge < -0.3 is 0 Å². The van der Waals surface area contributed by atoms with Crippen molar-refractivity contribution in [2.75, 3.05) is 0 Å². The Morgan fingerprint density at radius 2 is 1.80 bits per heavy atom. The van der Waals surface area contributed by atoms with E-state index in [1.807, 2.05) is 0 Å². The molecule has 0 amide bonds. The van der Waals surface area contributed by atoms with Crippen LogP contribution in [0.1, 0.15) is 37.2 Å². The second kappa shape index (κ2) is 5.09. The molecule has 1 atom stereocenters. The molecule has 1 saturated carbocycles. The van der Waals surface area contributed by atoms with Gasteiger partial charge in [-0.15, -0.1) is 9.24 Å². The molecule has 1 fully saturated rings. The Hall–Kier alpha value is 0.310. The molecule has 0 aromatic heterocycles. The Balaban J connectivity index is 2.15. The molecular weight excluding hydrogens is 321 g/mol. The standard InChI is InChI=1S/C12H15FIP/c13-10-5-9(6-12(15)7-10)8-1-3-11(14)4-2-8/h5-8,11H,1-4,15H2. The number of rotatable bonds is 1. The maximum atomic E-state index is 13.2. The second-order valence-corrected chi connectivity index (χ2v) is 6.70. The predicted molar refractivity (Wildman–Crippen MR) is 74.8 cm³/mol. The molecule has 0 aliphatic heterocycles. The summed E-state index contributed by atoms with van der Waals surface area (Å²) in [5.74, 6) is 0.472. The van der Waals surface area contributed by atoms with Gasteiger partial charge in [-0.3, -0.25) is 0 Å². The summed E-state index contributed by atoms with van der Waals surface area (Å²) in [5, 5.41) is 0.960. The first kappa shape index (κ1) is 11.8. The molecule has 2 rings (SSSR count). The van der Waals surface area contributed by atoms with Crippen LogP contribution in [0.15, 0.2) is 18.2 Å². The smallest absolute Gasteiger partial charge is 0.124 e. The highest BCUT2D eigenvalue weighted by atomic mass is 127. The van der Waals surface area contributed by atoms with Gasteiger partial charge in [-0.2, -0.15) is 0 Å². The summed E-state index contributed by atoms with van der Waals surface area (Å²) in [7, 11) is 2.58. The van der Waals surface area contributed by atoms with Crippen molar-refractivity contribution < 1.29 is 4.39 Å². The molecular formula is C12H15FIP. The quantitative estimate of drug-likeness (QED) is 0.416. The Kier molecular flexibility index (Phi) is 4.00. The lowest BCUT2D eigenvalue weighted by Gasteiger charge is -2.25. The van der Waals surface area contributed by atoms with Gasteiger partial charge in [0.25, 0.3) is 0 Å². The fourth-order valence-corrected chi connectivity index (χ4v) is 3.33. The minimum atomic E-state index is -0.103. The summed E-state index contributed by atoms with van der Waals surface area (Å²) >= 11 is 2.52. The van der Waals surface area contributed by atoms with Crippen LogP contribution in [-0.2, 0) is 0 Å². The number of alkyl halides is 1. The highest BCUT2D eigenvalue weighted by molar-refractivity contribution is 14.1. The van der Waals surface area contributed by atoms with Crippen molar-refractivity contribution in [2.24, 2.45) is 0 Å². The molecule has 0 N–H and O–H groups in total. The molecule has 82 valence electrons. The lowest BCUT2D eigenvalue weighted by atomic mass is 9.84.